The van der Waals surface area contributed by atoms with Crippen molar-refractivity contribution in [2.24, 2.45) is 5.92 Å². The Balaban J connectivity index is 1.26. The SMILES string of the molecule is COc1c[nH]c(CN2CCC(N3CCCC(C(=O)NC4CC4)C3)CC2)cc1=O. The molecule has 1 unspecified atom stereocenters. The number of nitrogens with zero attached hydrogens (tertiary/aromatic N) is 2. The summed E-state index contributed by atoms with van der Waals surface area (Å²) >= 11 is 0. The Morgan fingerprint density at radius 1 is 1.21 bits per heavy atom. The zero-order valence-corrected chi connectivity index (χ0v) is 16.8. The van der Waals surface area contributed by atoms with Gasteiger partial charge in [-0.15, -0.1) is 0 Å². The normalized spacial score (nSPS) is 24.8. The molecule has 2 N–H and O–H groups in total. The lowest BCUT2D eigenvalue weighted by molar-refractivity contribution is -0.127. The maximum atomic E-state index is 12.4. The van der Waals surface area contributed by atoms with E-state index in [9.17, 15) is 9.59 Å². The van der Waals surface area contributed by atoms with E-state index in [2.05, 4.69) is 20.1 Å². The number of methoxy groups -OCH3 is 1. The van der Waals surface area contributed by atoms with E-state index in [4.69, 9.17) is 4.74 Å². The van der Waals surface area contributed by atoms with Gasteiger partial charge in [-0.05, 0) is 45.1 Å². The van der Waals surface area contributed by atoms with Gasteiger partial charge in [0.2, 0.25) is 11.3 Å². The Labute approximate surface area is 166 Å². The first-order valence-electron chi connectivity index (χ1n) is 10.6. The van der Waals surface area contributed by atoms with Crippen LogP contribution < -0.4 is 15.5 Å². The zero-order chi connectivity index (χ0) is 19.5. The predicted octanol–water partition coefficient (Wildman–Crippen LogP) is 1.34. The van der Waals surface area contributed by atoms with Gasteiger partial charge in [-0.25, -0.2) is 0 Å². The van der Waals surface area contributed by atoms with Crippen molar-refractivity contribution in [3.05, 3.63) is 28.2 Å². The highest BCUT2D eigenvalue weighted by Crippen LogP contribution is 2.26. The Bertz CT molecular complexity index is 737. The first-order chi connectivity index (χ1) is 13.6. The van der Waals surface area contributed by atoms with Crippen molar-refractivity contribution in [2.45, 2.75) is 57.2 Å². The van der Waals surface area contributed by atoms with Crippen LogP contribution in [0, 0.1) is 5.92 Å². The molecule has 4 rings (SSSR count). The Hall–Kier alpha value is -1.86. The van der Waals surface area contributed by atoms with Crippen molar-refractivity contribution < 1.29 is 9.53 Å². The fourth-order valence-corrected chi connectivity index (χ4v) is 4.53. The van der Waals surface area contributed by atoms with Gasteiger partial charge in [0.25, 0.3) is 0 Å². The van der Waals surface area contributed by atoms with Crippen molar-refractivity contribution in [2.75, 3.05) is 33.3 Å². The van der Waals surface area contributed by atoms with Gasteiger partial charge in [-0.3, -0.25) is 19.4 Å². The molecule has 1 aromatic heterocycles. The summed E-state index contributed by atoms with van der Waals surface area (Å²) in [4.78, 5) is 32.5. The highest BCUT2D eigenvalue weighted by molar-refractivity contribution is 5.79. The highest BCUT2D eigenvalue weighted by atomic mass is 16.5. The van der Waals surface area contributed by atoms with Crippen LogP contribution in [-0.2, 0) is 11.3 Å². The lowest BCUT2D eigenvalue weighted by atomic mass is 9.93. The van der Waals surface area contributed by atoms with Crippen molar-refractivity contribution in [3.8, 4) is 5.75 Å². The second-order valence-electron chi connectivity index (χ2n) is 8.52. The second kappa shape index (κ2) is 8.66. The fourth-order valence-electron chi connectivity index (χ4n) is 4.53. The molecular weight excluding hydrogens is 356 g/mol. The number of hydrogen-bond acceptors (Lipinski definition) is 5. The average Bonchev–Trinajstić information content (AvgIpc) is 3.53. The minimum Gasteiger partial charge on any atom is -0.491 e. The van der Waals surface area contributed by atoms with Gasteiger partial charge in [-0.2, -0.15) is 0 Å². The second-order valence-corrected chi connectivity index (χ2v) is 8.52. The summed E-state index contributed by atoms with van der Waals surface area (Å²) in [7, 11) is 1.51. The van der Waals surface area contributed by atoms with Crippen molar-refractivity contribution in [1.29, 1.82) is 0 Å². The molecule has 2 saturated heterocycles. The van der Waals surface area contributed by atoms with Crippen LogP contribution in [0.3, 0.4) is 0 Å². The number of likely N-dealkylation sites (tertiary alicyclic amines) is 2. The minimum absolute atomic E-state index is 0.0741. The number of aromatic nitrogens is 1. The molecule has 1 saturated carbocycles. The van der Waals surface area contributed by atoms with Crippen LogP contribution >= 0.6 is 0 Å². The number of H-pyrrole nitrogens is 1. The number of carbonyl (C=O) groups is 1. The molecule has 0 bridgehead atoms. The molecule has 1 aliphatic carbocycles. The van der Waals surface area contributed by atoms with Crippen molar-refractivity contribution >= 4 is 5.91 Å². The van der Waals surface area contributed by atoms with Crippen LogP contribution in [0.25, 0.3) is 0 Å². The molecule has 1 atom stereocenters. The smallest absolute Gasteiger partial charge is 0.224 e. The lowest BCUT2D eigenvalue weighted by Crippen LogP contribution is -2.50. The molecule has 3 heterocycles. The van der Waals surface area contributed by atoms with Crippen LogP contribution in [0.1, 0.15) is 44.2 Å². The predicted molar refractivity (Wildman–Crippen MR) is 107 cm³/mol. The van der Waals surface area contributed by atoms with Crippen LogP contribution in [0.4, 0.5) is 0 Å². The Kier molecular flexibility index (Phi) is 6.01. The van der Waals surface area contributed by atoms with E-state index in [0.29, 0.717) is 17.8 Å². The van der Waals surface area contributed by atoms with Gasteiger partial charge in [-0.1, -0.05) is 0 Å². The summed E-state index contributed by atoms with van der Waals surface area (Å²) in [5.41, 5.74) is 0.856. The molecule has 0 radical (unpaired) electrons. The lowest BCUT2D eigenvalue weighted by Gasteiger charge is -2.42. The fraction of sp³-hybridized carbons (Fsp3) is 0.714. The minimum atomic E-state index is -0.0741. The van der Waals surface area contributed by atoms with Gasteiger partial charge >= 0.3 is 0 Å². The van der Waals surface area contributed by atoms with E-state index < -0.39 is 0 Å². The number of ether oxygens (including phenoxy) is 1. The molecule has 0 aromatic carbocycles. The quantitative estimate of drug-likeness (QED) is 0.769. The molecule has 0 spiro atoms. The van der Waals surface area contributed by atoms with Gasteiger partial charge in [0.1, 0.15) is 0 Å². The van der Waals surface area contributed by atoms with Crippen molar-refractivity contribution in [1.82, 2.24) is 20.1 Å². The zero-order valence-electron chi connectivity index (χ0n) is 16.8. The Morgan fingerprint density at radius 2 is 2.00 bits per heavy atom. The van der Waals surface area contributed by atoms with Crippen LogP contribution in [0.15, 0.2) is 17.1 Å². The third-order valence-corrected chi connectivity index (χ3v) is 6.37. The molecular formula is C21H32N4O3. The summed E-state index contributed by atoms with van der Waals surface area (Å²) < 4.78 is 5.03. The molecule has 154 valence electrons. The first kappa shape index (κ1) is 19.5. The highest BCUT2D eigenvalue weighted by Gasteiger charge is 2.33. The van der Waals surface area contributed by atoms with Crippen molar-refractivity contribution in [3.63, 3.8) is 0 Å². The van der Waals surface area contributed by atoms with Crippen LogP contribution in [0.2, 0.25) is 0 Å². The summed E-state index contributed by atoms with van der Waals surface area (Å²) in [5, 5.41) is 3.18. The standard InChI is InChI=1S/C21H32N4O3/c1-28-20-12-22-17(11-19(20)26)14-24-9-6-18(7-10-24)25-8-2-3-15(13-25)21(27)23-16-4-5-16/h11-12,15-16,18H,2-10,13-14H2,1H3,(H,22,26)(H,23,27). The molecule has 3 aliphatic rings. The van der Waals surface area contributed by atoms with Crippen LogP contribution in [0.5, 0.6) is 5.75 Å². The van der Waals surface area contributed by atoms with E-state index in [1.807, 2.05) is 0 Å². The summed E-state index contributed by atoms with van der Waals surface area (Å²) in [5.74, 6) is 0.790. The Morgan fingerprint density at radius 3 is 2.68 bits per heavy atom. The number of rotatable bonds is 6. The van der Waals surface area contributed by atoms with Gasteiger partial charge in [0, 0.05) is 56.2 Å². The molecule has 2 aliphatic heterocycles. The number of hydrogen-bond donors (Lipinski definition) is 2. The maximum absolute atomic E-state index is 12.4. The maximum Gasteiger partial charge on any atom is 0.224 e. The van der Waals surface area contributed by atoms with E-state index >= 15 is 0 Å². The third kappa shape index (κ3) is 4.75. The monoisotopic (exact) mass is 388 g/mol. The topological polar surface area (TPSA) is 77.7 Å². The third-order valence-electron chi connectivity index (χ3n) is 6.37. The number of nitrogens with one attached hydrogen (secondary N) is 2. The molecule has 7 nitrogen and oxygen atoms in total. The summed E-state index contributed by atoms with van der Waals surface area (Å²) in [6, 6.07) is 2.66. The summed E-state index contributed by atoms with van der Waals surface area (Å²) in [6.07, 6.45) is 8.34. The summed E-state index contributed by atoms with van der Waals surface area (Å²) in [6.45, 7) is 4.83. The largest absolute Gasteiger partial charge is 0.491 e. The van der Waals surface area contributed by atoms with E-state index in [1.165, 1.54) is 7.11 Å². The average molecular weight is 389 g/mol. The number of amides is 1. The van der Waals surface area contributed by atoms with Gasteiger partial charge in [0.05, 0.1) is 13.0 Å². The molecule has 1 aromatic rings. The van der Waals surface area contributed by atoms with E-state index in [0.717, 1.165) is 76.9 Å². The van der Waals surface area contributed by atoms with Gasteiger partial charge in [0.15, 0.2) is 5.75 Å². The molecule has 7 heteroatoms. The van der Waals surface area contributed by atoms with E-state index in [-0.39, 0.29) is 17.3 Å². The first-order valence-corrected chi connectivity index (χ1v) is 10.6. The van der Waals surface area contributed by atoms with Gasteiger partial charge < -0.3 is 15.0 Å². The molecule has 3 fully saturated rings. The number of pyridine rings is 1. The number of carbonyl (C=O) groups excluding carboxylic acids is 1. The van der Waals surface area contributed by atoms with Crippen LogP contribution in [-0.4, -0.2) is 66.1 Å². The molecule has 28 heavy (non-hydrogen) atoms. The number of aromatic amines is 1. The van der Waals surface area contributed by atoms with E-state index in [1.54, 1.807) is 12.3 Å². The molecule has 1 amide bonds. The number of piperidine rings is 2.